The summed E-state index contributed by atoms with van der Waals surface area (Å²) >= 11 is 0. The van der Waals surface area contributed by atoms with Gasteiger partial charge in [0.05, 0.1) is 31.2 Å². The van der Waals surface area contributed by atoms with Crippen molar-refractivity contribution in [1.29, 1.82) is 0 Å². The zero-order valence-electron chi connectivity index (χ0n) is 49.5. The number of hydrogen-bond donors (Lipinski definition) is 19. The van der Waals surface area contributed by atoms with Gasteiger partial charge in [-0.15, -0.1) is 0 Å². The number of phenols is 2. The number of carbonyl (C=O) groups excluding carboxylic acids is 10. The Morgan fingerprint density at radius 3 is 1.57 bits per heavy atom. The quantitative estimate of drug-likeness (QED) is 0.0171. The third-order valence-electron chi connectivity index (χ3n) is 14.1. The highest BCUT2D eigenvalue weighted by Crippen LogP contribution is 2.22. The van der Waals surface area contributed by atoms with E-state index in [0.717, 1.165) is 13.8 Å². The Morgan fingerprint density at radius 2 is 1.07 bits per heavy atom. The Labute approximate surface area is 507 Å². The van der Waals surface area contributed by atoms with Gasteiger partial charge in [-0.05, 0) is 93.7 Å². The zero-order chi connectivity index (χ0) is 65.9. The van der Waals surface area contributed by atoms with Crippen LogP contribution in [0.3, 0.4) is 0 Å². The van der Waals surface area contributed by atoms with Gasteiger partial charge in [0.2, 0.25) is 59.1 Å². The van der Waals surface area contributed by atoms with E-state index < -0.39 is 151 Å². The molecule has 1 heterocycles. The van der Waals surface area contributed by atoms with E-state index in [1.54, 1.807) is 13.8 Å². The lowest BCUT2D eigenvalue weighted by atomic mass is 9.96. The highest BCUT2D eigenvalue weighted by Gasteiger charge is 2.42. The van der Waals surface area contributed by atoms with E-state index in [1.807, 2.05) is 0 Å². The van der Waals surface area contributed by atoms with Crippen molar-refractivity contribution >= 4 is 77.0 Å². The molecular formula is C55H85N17O16. The van der Waals surface area contributed by atoms with Crippen LogP contribution >= 0.6 is 0 Å². The average molecular weight is 1240 g/mol. The number of nitrogens with one attached hydrogen (secondary N) is 8. The summed E-state index contributed by atoms with van der Waals surface area (Å²) < 4.78 is 0. The number of aromatic hydroxyl groups is 2. The summed E-state index contributed by atoms with van der Waals surface area (Å²) in [5, 5.41) is 70.2. The van der Waals surface area contributed by atoms with Crippen molar-refractivity contribution < 1.29 is 78.3 Å². The second-order valence-electron chi connectivity index (χ2n) is 21.3. The van der Waals surface area contributed by atoms with E-state index in [4.69, 9.17) is 34.4 Å². The SMILES string of the molecule is CC[C@H](C)[C@H](NC(=O)[C@@H](N)CCCN=C(N)N)C(=O)N[C@@H](Cc1ccc(O)cc1)C(=O)N1CCC[C@H]1C(=O)N[C@H](C(=O)N[C@@H](CC(N)=O)C(=O)NCC(=O)N[C@@H](Cc1ccc(O)cc1)C(=O)N[C@H](C(=O)N[C@@H](CCCN=C(N)N)C(=O)O)[C@@H](C)O)[C@@H](C)O. The van der Waals surface area contributed by atoms with Crippen molar-refractivity contribution in [2.45, 2.75) is 158 Å². The van der Waals surface area contributed by atoms with E-state index in [0.29, 0.717) is 24.0 Å². The third kappa shape index (κ3) is 24.5. The first-order valence-electron chi connectivity index (χ1n) is 28.4. The first-order valence-corrected chi connectivity index (χ1v) is 28.4. The molecule has 12 atom stereocenters. The molecule has 0 radical (unpaired) electrons. The summed E-state index contributed by atoms with van der Waals surface area (Å²) in [6.07, 6.45) is -3.49. The van der Waals surface area contributed by atoms with Crippen molar-refractivity contribution in [3.8, 4) is 11.5 Å². The number of nitrogens with two attached hydrogens (primary N) is 6. The molecule has 1 saturated heterocycles. The van der Waals surface area contributed by atoms with Gasteiger partial charge in [0.1, 0.15) is 59.8 Å². The van der Waals surface area contributed by atoms with Crippen LogP contribution in [0.25, 0.3) is 0 Å². The number of aliphatic hydroxyl groups is 2. The van der Waals surface area contributed by atoms with Gasteiger partial charge in [0.15, 0.2) is 11.9 Å². The van der Waals surface area contributed by atoms with E-state index in [1.165, 1.54) is 53.4 Å². The Hall–Kier alpha value is -9.37. The van der Waals surface area contributed by atoms with Crippen LogP contribution in [0.1, 0.15) is 90.2 Å². The van der Waals surface area contributed by atoms with Crippen molar-refractivity contribution in [3.63, 3.8) is 0 Å². The van der Waals surface area contributed by atoms with Crippen LogP contribution in [-0.2, 0) is 65.6 Å². The van der Waals surface area contributed by atoms with Gasteiger partial charge in [-0.25, -0.2) is 4.79 Å². The molecular weight excluding hydrogens is 1150 g/mol. The molecule has 88 heavy (non-hydrogen) atoms. The molecule has 33 heteroatoms. The Balaban J connectivity index is 1.80. The summed E-state index contributed by atoms with van der Waals surface area (Å²) in [7, 11) is 0. The Bertz CT molecular complexity index is 2800. The molecule has 0 aromatic heterocycles. The van der Waals surface area contributed by atoms with Crippen LogP contribution in [0, 0.1) is 5.92 Å². The number of carboxylic acid groups (broad SMARTS) is 1. The molecule has 33 nitrogen and oxygen atoms in total. The molecule has 2 aromatic carbocycles. The average Bonchev–Trinajstić information content (AvgIpc) is 2.46. The van der Waals surface area contributed by atoms with Crippen LogP contribution < -0.4 is 76.9 Å². The molecule has 0 aliphatic carbocycles. The molecule has 10 amide bonds. The number of carbonyl (C=O) groups is 11. The number of likely N-dealkylation sites (tertiary alicyclic amines) is 1. The fourth-order valence-electron chi connectivity index (χ4n) is 9.07. The zero-order valence-corrected chi connectivity index (χ0v) is 49.5. The predicted octanol–water partition coefficient (Wildman–Crippen LogP) is -6.41. The lowest BCUT2D eigenvalue weighted by Crippen LogP contribution is -2.62. The number of phenolic OH excluding ortho intramolecular Hbond substituents is 2. The molecule has 3 rings (SSSR count). The first-order chi connectivity index (χ1) is 41.4. The van der Waals surface area contributed by atoms with Crippen molar-refractivity contribution in [1.82, 2.24) is 47.4 Å². The predicted molar refractivity (Wildman–Crippen MR) is 317 cm³/mol. The number of nitrogens with zero attached hydrogens (tertiary/aromatic N) is 3. The molecule has 2 aromatic rings. The van der Waals surface area contributed by atoms with E-state index in [9.17, 15) is 78.3 Å². The van der Waals surface area contributed by atoms with Gasteiger partial charge in [0.25, 0.3) is 0 Å². The number of primary amides is 1. The first kappa shape index (κ1) is 72.9. The Kier molecular flexibility index (Phi) is 29.8. The van der Waals surface area contributed by atoms with Gasteiger partial charge in [-0.2, -0.15) is 0 Å². The van der Waals surface area contributed by atoms with Gasteiger partial charge >= 0.3 is 5.97 Å². The van der Waals surface area contributed by atoms with Crippen LogP contribution in [0.5, 0.6) is 11.5 Å². The maximum absolute atomic E-state index is 14.6. The van der Waals surface area contributed by atoms with Gasteiger partial charge < -0.3 is 107 Å². The minimum atomic E-state index is -1.86. The standard InChI is InChI=1S/C55H85N17O16/c1-5-27(2)42(69-45(79)34(56)9-6-20-62-54(58)59)49(83)68-38(24-31-14-18-33(76)19-15-31)52(86)72-22-8-11-39(72)48(82)71-44(29(4)74)51(85)67-37(25-40(57)77)46(80)64-26-41(78)65-36(23-30-12-16-32(75)17-13-30)47(81)70-43(28(3)73)50(84)66-35(53(87)88)10-7-21-63-55(60)61/h12-19,27-29,34-39,42-44,73-76H,5-11,20-26,56H2,1-4H3,(H2,57,77)(H,64,80)(H,65,78)(H,66,84)(H,67,85)(H,68,83)(H,69,79)(H,70,81)(H,71,82)(H,87,88)(H4,58,59,62)(H4,60,61,63)/t27-,28+,29+,34-,35-,36-,37-,38-,39-,42-,43-,44-/m0/s1. The fraction of sp³-hybridized carbons (Fsp3) is 0.545. The second kappa shape index (κ2) is 35.9. The fourth-order valence-corrected chi connectivity index (χ4v) is 9.07. The van der Waals surface area contributed by atoms with Crippen LogP contribution in [0.2, 0.25) is 0 Å². The smallest absolute Gasteiger partial charge is 0.326 e. The van der Waals surface area contributed by atoms with Gasteiger partial charge in [0, 0.05) is 32.5 Å². The molecule has 1 fully saturated rings. The molecule has 0 spiro atoms. The highest BCUT2D eigenvalue weighted by atomic mass is 16.4. The largest absolute Gasteiger partial charge is 0.508 e. The minimum absolute atomic E-state index is 0.0136. The van der Waals surface area contributed by atoms with Gasteiger partial charge in [-0.3, -0.25) is 57.9 Å². The number of guanidine groups is 2. The molecule has 25 N–H and O–H groups in total. The van der Waals surface area contributed by atoms with Crippen molar-refractivity contribution in [3.05, 3.63) is 59.7 Å². The molecule has 1 aliphatic rings. The number of aliphatic hydroxyl groups excluding tert-OH is 2. The van der Waals surface area contributed by atoms with Crippen molar-refractivity contribution in [2.24, 2.45) is 50.3 Å². The highest BCUT2D eigenvalue weighted by molar-refractivity contribution is 5.99. The Morgan fingerprint density at radius 1 is 0.591 bits per heavy atom. The molecule has 0 bridgehead atoms. The monoisotopic (exact) mass is 1240 g/mol. The van der Waals surface area contributed by atoms with Crippen molar-refractivity contribution in [2.75, 3.05) is 26.2 Å². The number of carboxylic acids is 1. The third-order valence-corrected chi connectivity index (χ3v) is 14.1. The summed E-state index contributed by atoms with van der Waals surface area (Å²) in [4.78, 5) is 158. The topological polar surface area (TPSA) is 569 Å². The van der Waals surface area contributed by atoms with Crippen LogP contribution in [-0.4, -0.2) is 200 Å². The maximum Gasteiger partial charge on any atom is 0.326 e. The molecule has 0 saturated carbocycles. The lowest BCUT2D eigenvalue weighted by molar-refractivity contribution is -0.143. The van der Waals surface area contributed by atoms with Crippen LogP contribution in [0.4, 0.5) is 0 Å². The normalized spacial score (nSPS) is 16.5. The number of hydrogen-bond acceptors (Lipinski definition) is 18. The maximum atomic E-state index is 14.6. The number of amides is 10. The van der Waals surface area contributed by atoms with Gasteiger partial charge in [-0.1, -0.05) is 44.5 Å². The van der Waals surface area contributed by atoms with E-state index >= 15 is 0 Å². The molecule has 0 unspecified atom stereocenters. The van der Waals surface area contributed by atoms with E-state index in [2.05, 4.69) is 52.5 Å². The summed E-state index contributed by atoms with van der Waals surface area (Å²) in [5.74, 6) is -12.4. The molecule has 1 aliphatic heterocycles. The number of aliphatic carboxylic acids is 1. The minimum Gasteiger partial charge on any atom is -0.508 e. The number of aliphatic imine (C=N–C) groups is 2. The summed E-state index contributed by atoms with van der Waals surface area (Å²) in [6, 6.07) is -2.38. The number of rotatable bonds is 36. The number of benzene rings is 2. The summed E-state index contributed by atoms with van der Waals surface area (Å²) in [5.41, 5.74) is 33.8. The van der Waals surface area contributed by atoms with E-state index in [-0.39, 0.29) is 88.0 Å². The summed E-state index contributed by atoms with van der Waals surface area (Å²) in [6.45, 7) is 5.03. The molecule has 486 valence electrons. The lowest BCUT2D eigenvalue weighted by Gasteiger charge is -2.32. The van der Waals surface area contributed by atoms with Crippen LogP contribution in [0.15, 0.2) is 58.5 Å². The second-order valence-corrected chi connectivity index (χ2v) is 21.3.